The number of hydrogen-bond donors (Lipinski definition) is 1. The summed E-state index contributed by atoms with van der Waals surface area (Å²) in [6.07, 6.45) is 0. The first-order chi connectivity index (χ1) is 10.4. The number of nitrogens with one attached hydrogen (secondary N) is 1. The Labute approximate surface area is 134 Å². The van der Waals surface area contributed by atoms with Gasteiger partial charge in [-0.2, -0.15) is 0 Å². The lowest BCUT2D eigenvalue weighted by atomic mass is 10.2. The molecule has 0 bridgehead atoms. The van der Waals surface area contributed by atoms with E-state index in [1.165, 1.54) is 12.1 Å². The average molecular weight is 321 g/mol. The first kappa shape index (κ1) is 16.4. The van der Waals surface area contributed by atoms with E-state index in [4.69, 9.17) is 0 Å². The Kier molecular flexibility index (Phi) is 5.13. The third-order valence-electron chi connectivity index (χ3n) is 3.57. The van der Waals surface area contributed by atoms with Crippen molar-refractivity contribution in [1.29, 1.82) is 0 Å². The number of carbonyl (C=O) groups is 1. The van der Waals surface area contributed by atoms with Gasteiger partial charge in [0, 0.05) is 18.5 Å². The second kappa shape index (κ2) is 6.87. The maximum Gasteiger partial charge on any atom is 0.317 e. The van der Waals surface area contributed by atoms with Crippen molar-refractivity contribution in [2.75, 3.05) is 7.05 Å². The van der Waals surface area contributed by atoms with Crippen molar-refractivity contribution in [3.05, 3.63) is 51.2 Å². The highest BCUT2D eigenvalue weighted by molar-refractivity contribution is 7.11. The highest BCUT2D eigenvalue weighted by Crippen LogP contribution is 2.25. The minimum atomic E-state index is -0.304. The number of carbonyl (C=O) groups excluding carboxylic acids is 1. The quantitative estimate of drug-likeness (QED) is 0.931. The van der Waals surface area contributed by atoms with Gasteiger partial charge in [-0.15, -0.1) is 11.3 Å². The zero-order valence-electron chi connectivity index (χ0n) is 13.2. The standard InChI is InChI=1S/C16H20FN3OS/c1-10(15-11(2)22-12(3)19-15)20(4)16(21)18-9-13-6-5-7-14(17)8-13/h5-8,10H,9H2,1-4H3,(H,18,21). The number of aryl methyl sites for hydroxylation is 2. The summed E-state index contributed by atoms with van der Waals surface area (Å²) in [4.78, 5) is 19.5. The van der Waals surface area contributed by atoms with Gasteiger partial charge in [-0.1, -0.05) is 12.1 Å². The molecule has 0 radical (unpaired) electrons. The van der Waals surface area contributed by atoms with Gasteiger partial charge < -0.3 is 10.2 Å². The fourth-order valence-electron chi connectivity index (χ4n) is 2.24. The number of aromatic nitrogens is 1. The maximum absolute atomic E-state index is 13.1. The second-order valence-corrected chi connectivity index (χ2v) is 6.66. The van der Waals surface area contributed by atoms with E-state index in [1.807, 2.05) is 20.8 Å². The minimum absolute atomic E-state index is 0.113. The van der Waals surface area contributed by atoms with Crippen LogP contribution in [0.1, 0.15) is 34.1 Å². The van der Waals surface area contributed by atoms with Gasteiger partial charge in [-0.3, -0.25) is 0 Å². The van der Waals surface area contributed by atoms with Crippen molar-refractivity contribution in [1.82, 2.24) is 15.2 Å². The Bertz CT molecular complexity index is 671. The van der Waals surface area contributed by atoms with Gasteiger partial charge >= 0.3 is 6.03 Å². The van der Waals surface area contributed by atoms with Crippen molar-refractivity contribution >= 4 is 17.4 Å². The Balaban J connectivity index is 1.98. The van der Waals surface area contributed by atoms with E-state index in [0.29, 0.717) is 6.54 Å². The lowest BCUT2D eigenvalue weighted by Gasteiger charge is -2.24. The van der Waals surface area contributed by atoms with E-state index in [-0.39, 0.29) is 17.9 Å². The molecule has 1 aromatic heterocycles. The molecule has 2 rings (SSSR count). The number of nitrogens with zero attached hydrogens (tertiary/aromatic N) is 2. The Morgan fingerprint density at radius 1 is 1.45 bits per heavy atom. The number of urea groups is 1. The first-order valence-electron chi connectivity index (χ1n) is 7.07. The molecule has 4 nitrogen and oxygen atoms in total. The molecule has 1 aromatic carbocycles. The van der Waals surface area contributed by atoms with Crippen LogP contribution >= 0.6 is 11.3 Å². The number of halogens is 1. The summed E-state index contributed by atoms with van der Waals surface area (Å²) in [7, 11) is 1.74. The van der Waals surface area contributed by atoms with Crippen LogP contribution in [0, 0.1) is 19.7 Å². The van der Waals surface area contributed by atoms with Gasteiger partial charge in [-0.05, 0) is 38.5 Å². The first-order valence-corrected chi connectivity index (χ1v) is 7.89. The number of benzene rings is 1. The zero-order chi connectivity index (χ0) is 16.3. The molecule has 1 N–H and O–H groups in total. The molecule has 0 aliphatic heterocycles. The molecule has 22 heavy (non-hydrogen) atoms. The lowest BCUT2D eigenvalue weighted by molar-refractivity contribution is 0.193. The normalized spacial score (nSPS) is 12.0. The second-order valence-electron chi connectivity index (χ2n) is 5.25. The van der Waals surface area contributed by atoms with Gasteiger partial charge in [0.1, 0.15) is 5.82 Å². The average Bonchev–Trinajstić information content (AvgIpc) is 2.82. The van der Waals surface area contributed by atoms with Crippen LogP contribution in [0.15, 0.2) is 24.3 Å². The largest absolute Gasteiger partial charge is 0.334 e. The monoisotopic (exact) mass is 321 g/mol. The predicted molar refractivity (Wildman–Crippen MR) is 86.4 cm³/mol. The fraction of sp³-hybridized carbons (Fsp3) is 0.375. The van der Waals surface area contributed by atoms with Gasteiger partial charge in [0.05, 0.1) is 16.7 Å². The number of thiazole rings is 1. The molecule has 1 unspecified atom stereocenters. The summed E-state index contributed by atoms with van der Waals surface area (Å²) in [6.45, 7) is 6.21. The van der Waals surface area contributed by atoms with Gasteiger partial charge in [-0.25, -0.2) is 14.2 Å². The van der Waals surface area contributed by atoms with E-state index < -0.39 is 0 Å². The van der Waals surface area contributed by atoms with Crippen molar-refractivity contribution in [2.24, 2.45) is 0 Å². The van der Waals surface area contributed by atoms with Gasteiger partial charge in [0.25, 0.3) is 0 Å². The lowest BCUT2D eigenvalue weighted by Crippen LogP contribution is -2.38. The fourth-order valence-corrected chi connectivity index (χ4v) is 3.15. The Hall–Kier alpha value is -1.95. The van der Waals surface area contributed by atoms with Crippen molar-refractivity contribution in [3.63, 3.8) is 0 Å². The predicted octanol–water partition coefficient (Wildman–Crippen LogP) is 3.80. The summed E-state index contributed by atoms with van der Waals surface area (Å²) < 4.78 is 13.1. The smallest absolute Gasteiger partial charge is 0.317 e. The third kappa shape index (κ3) is 3.82. The summed E-state index contributed by atoms with van der Waals surface area (Å²) in [5.41, 5.74) is 1.65. The van der Waals surface area contributed by atoms with Crippen LogP contribution in [0.3, 0.4) is 0 Å². The molecule has 0 fully saturated rings. The van der Waals surface area contributed by atoms with Crippen LogP contribution in [-0.2, 0) is 6.54 Å². The molecular weight excluding hydrogens is 301 g/mol. The molecule has 2 aromatic rings. The third-order valence-corrected chi connectivity index (χ3v) is 4.47. The molecule has 0 saturated carbocycles. The van der Waals surface area contributed by atoms with Crippen LogP contribution in [0.2, 0.25) is 0 Å². The van der Waals surface area contributed by atoms with Gasteiger partial charge in [0.2, 0.25) is 0 Å². The molecule has 1 atom stereocenters. The maximum atomic E-state index is 13.1. The molecule has 0 aliphatic carbocycles. The molecule has 1 heterocycles. The van der Waals surface area contributed by atoms with Crippen molar-refractivity contribution < 1.29 is 9.18 Å². The van der Waals surface area contributed by atoms with Crippen molar-refractivity contribution in [2.45, 2.75) is 33.4 Å². The molecule has 0 saturated heterocycles. The van der Waals surface area contributed by atoms with Gasteiger partial charge in [0.15, 0.2) is 0 Å². The van der Waals surface area contributed by atoms with Crippen LogP contribution in [0.5, 0.6) is 0 Å². The van der Waals surface area contributed by atoms with Crippen LogP contribution in [0.4, 0.5) is 9.18 Å². The topological polar surface area (TPSA) is 45.2 Å². The Morgan fingerprint density at radius 3 is 2.77 bits per heavy atom. The minimum Gasteiger partial charge on any atom is -0.334 e. The van der Waals surface area contributed by atoms with E-state index >= 15 is 0 Å². The van der Waals surface area contributed by atoms with E-state index in [9.17, 15) is 9.18 Å². The molecule has 6 heteroatoms. The summed E-state index contributed by atoms with van der Waals surface area (Å²) in [6, 6.07) is 5.88. The highest BCUT2D eigenvalue weighted by Gasteiger charge is 2.21. The number of rotatable bonds is 4. The molecule has 118 valence electrons. The molecular formula is C16H20FN3OS. The summed E-state index contributed by atoms with van der Waals surface area (Å²) >= 11 is 1.63. The summed E-state index contributed by atoms with van der Waals surface area (Å²) in [5.74, 6) is -0.304. The van der Waals surface area contributed by atoms with E-state index in [2.05, 4.69) is 10.3 Å². The van der Waals surface area contributed by atoms with E-state index in [1.54, 1.807) is 35.4 Å². The highest BCUT2D eigenvalue weighted by atomic mass is 32.1. The molecule has 0 aliphatic rings. The number of amides is 2. The zero-order valence-corrected chi connectivity index (χ0v) is 14.0. The SMILES string of the molecule is Cc1nc(C(C)N(C)C(=O)NCc2cccc(F)c2)c(C)s1. The van der Waals surface area contributed by atoms with Crippen LogP contribution in [0.25, 0.3) is 0 Å². The van der Waals surface area contributed by atoms with Crippen LogP contribution in [-0.4, -0.2) is 23.0 Å². The van der Waals surface area contributed by atoms with E-state index in [0.717, 1.165) is 21.1 Å². The number of hydrogen-bond acceptors (Lipinski definition) is 3. The molecule has 2 amide bonds. The molecule has 0 spiro atoms. The van der Waals surface area contributed by atoms with Crippen molar-refractivity contribution in [3.8, 4) is 0 Å². The Morgan fingerprint density at radius 2 is 2.18 bits per heavy atom. The summed E-state index contributed by atoms with van der Waals surface area (Å²) in [5, 5.41) is 3.79. The van der Waals surface area contributed by atoms with Crippen LogP contribution < -0.4 is 5.32 Å².